The lowest BCUT2D eigenvalue weighted by atomic mass is 10.1. The highest BCUT2D eigenvalue weighted by atomic mass is 16.6. The van der Waals surface area contributed by atoms with Crippen molar-refractivity contribution in [2.75, 3.05) is 26.9 Å². The molecular formula is C26H28N6O6. The predicted molar refractivity (Wildman–Crippen MR) is 136 cm³/mol. The van der Waals surface area contributed by atoms with Crippen LogP contribution in [0.4, 0.5) is 0 Å². The number of hydrogen-bond donors (Lipinski definition) is 1. The Morgan fingerprint density at radius 3 is 2.63 bits per heavy atom. The summed E-state index contributed by atoms with van der Waals surface area (Å²) in [5, 5.41) is 12.6. The van der Waals surface area contributed by atoms with E-state index in [0.717, 1.165) is 16.7 Å². The molecule has 2 aromatic heterocycles. The molecule has 1 aliphatic heterocycles. The number of nitrogens with zero attached hydrogens (tertiary/aromatic N) is 5. The van der Waals surface area contributed by atoms with Gasteiger partial charge in [-0.3, -0.25) is 14.5 Å². The number of benzene rings is 2. The maximum atomic E-state index is 13.1. The summed E-state index contributed by atoms with van der Waals surface area (Å²) in [7, 11) is 1.61. The first-order valence-corrected chi connectivity index (χ1v) is 12.2. The molecular weight excluding hydrogens is 492 g/mol. The van der Waals surface area contributed by atoms with Gasteiger partial charge in [0, 0.05) is 35.7 Å². The van der Waals surface area contributed by atoms with Crippen molar-refractivity contribution in [1.29, 1.82) is 0 Å². The van der Waals surface area contributed by atoms with Crippen LogP contribution in [0, 0.1) is 0 Å². The molecule has 3 heterocycles. The first-order chi connectivity index (χ1) is 18.5. The minimum Gasteiger partial charge on any atom is -0.496 e. The standard InChI is InChI=1S/C26H28N6O6/c1-3-36-25(33)16-32-24(28-29-30-32)15-31(13-17-6-4-5-7-21(17)35-2)14-19-10-18-11-22-23(38-9-8-37-22)12-20(18)27-26(19)34/h4-7,10-12H,3,8-9,13-16H2,1-2H3,(H,27,34). The molecule has 198 valence electrons. The van der Waals surface area contributed by atoms with Crippen LogP contribution in [0.25, 0.3) is 10.9 Å². The minimum absolute atomic E-state index is 0.109. The highest BCUT2D eigenvalue weighted by Gasteiger charge is 2.20. The van der Waals surface area contributed by atoms with Crippen LogP contribution in [0.15, 0.2) is 47.3 Å². The summed E-state index contributed by atoms with van der Waals surface area (Å²) in [6.07, 6.45) is 0. The SMILES string of the molecule is CCOC(=O)Cn1nnnc1CN(Cc1ccccc1OC)Cc1cc2cc3c(cc2[nH]c1=O)OCCO3. The molecule has 0 saturated carbocycles. The average Bonchev–Trinajstić information content (AvgIpc) is 3.34. The van der Waals surface area contributed by atoms with Crippen LogP contribution >= 0.6 is 0 Å². The number of esters is 1. The summed E-state index contributed by atoms with van der Waals surface area (Å²) in [6, 6.07) is 13.2. The van der Waals surface area contributed by atoms with Crippen molar-refractivity contribution in [3.05, 3.63) is 69.8 Å². The van der Waals surface area contributed by atoms with Gasteiger partial charge >= 0.3 is 5.97 Å². The Labute approximate surface area is 218 Å². The Hall–Kier alpha value is -4.45. The zero-order valence-electron chi connectivity index (χ0n) is 21.2. The van der Waals surface area contributed by atoms with Crippen LogP contribution in [-0.4, -0.2) is 63.0 Å². The number of fused-ring (bicyclic) bond motifs is 2. The van der Waals surface area contributed by atoms with Gasteiger partial charge in [-0.15, -0.1) is 5.10 Å². The van der Waals surface area contributed by atoms with Gasteiger partial charge in [-0.1, -0.05) is 18.2 Å². The monoisotopic (exact) mass is 520 g/mol. The number of rotatable bonds is 10. The molecule has 12 nitrogen and oxygen atoms in total. The third-order valence-corrected chi connectivity index (χ3v) is 6.12. The van der Waals surface area contributed by atoms with Crippen molar-refractivity contribution in [2.24, 2.45) is 0 Å². The lowest BCUT2D eigenvalue weighted by molar-refractivity contribution is -0.144. The largest absolute Gasteiger partial charge is 0.496 e. The number of pyridine rings is 1. The molecule has 2 aromatic carbocycles. The van der Waals surface area contributed by atoms with Gasteiger partial charge in [-0.05, 0) is 35.5 Å². The Morgan fingerprint density at radius 2 is 1.84 bits per heavy atom. The van der Waals surface area contributed by atoms with E-state index in [1.165, 1.54) is 4.68 Å². The summed E-state index contributed by atoms with van der Waals surface area (Å²) in [4.78, 5) is 30.1. The number of nitrogens with one attached hydrogen (secondary N) is 1. The molecule has 0 fully saturated rings. The molecule has 0 spiro atoms. The smallest absolute Gasteiger partial charge is 0.327 e. The van der Waals surface area contributed by atoms with Gasteiger partial charge in [0.2, 0.25) is 0 Å². The number of para-hydroxylation sites is 1. The highest BCUT2D eigenvalue weighted by molar-refractivity contribution is 5.83. The van der Waals surface area contributed by atoms with Crippen molar-refractivity contribution < 1.29 is 23.7 Å². The average molecular weight is 521 g/mol. The number of carbonyl (C=O) groups excluding carboxylic acids is 1. The molecule has 38 heavy (non-hydrogen) atoms. The highest BCUT2D eigenvalue weighted by Crippen LogP contribution is 2.33. The Kier molecular flexibility index (Phi) is 7.50. The fraction of sp³-hybridized carbons (Fsp3) is 0.346. The van der Waals surface area contributed by atoms with Crippen molar-refractivity contribution in [2.45, 2.75) is 33.1 Å². The van der Waals surface area contributed by atoms with E-state index in [9.17, 15) is 9.59 Å². The van der Waals surface area contributed by atoms with E-state index in [1.807, 2.05) is 41.3 Å². The van der Waals surface area contributed by atoms with E-state index in [2.05, 4.69) is 20.5 Å². The number of ether oxygens (including phenoxy) is 4. The number of methoxy groups -OCH3 is 1. The lowest BCUT2D eigenvalue weighted by Crippen LogP contribution is -2.29. The molecule has 0 amide bonds. The number of tetrazole rings is 1. The second kappa shape index (κ2) is 11.3. The van der Waals surface area contributed by atoms with E-state index in [0.29, 0.717) is 48.2 Å². The van der Waals surface area contributed by atoms with Gasteiger partial charge in [0.15, 0.2) is 17.3 Å². The summed E-state index contributed by atoms with van der Waals surface area (Å²) >= 11 is 0. The van der Waals surface area contributed by atoms with Gasteiger partial charge in [-0.25, -0.2) is 4.68 Å². The van der Waals surface area contributed by atoms with Gasteiger partial charge in [-0.2, -0.15) is 0 Å². The zero-order valence-corrected chi connectivity index (χ0v) is 21.2. The van der Waals surface area contributed by atoms with Gasteiger partial charge in [0.1, 0.15) is 25.5 Å². The molecule has 0 saturated heterocycles. The zero-order chi connectivity index (χ0) is 26.5. The molecule has 5 rings (SSSR count). The van der Waals surface area contributed by atoms with E-state index < -0.39 is 5.97 Å². The number of H-pyrrole nitrogens is 1. The van der Waals surface area contributed by atoms with E-state index in [1.54, 1.807) is 20.1 Å². The second-order valence-corrected chi connectivity index (χ2v) is 8.72. The maximum absolute atomic E-state index is 13.1. The molecule has 1 aliphatic rings. The lowest BCUT2D eigenvalue weighted by Gasteiger charge is -2.23. The van der Waals surface area contributed by atoms with E-state index in [4.69, 9.17) is 18.9 Å². The van der Waals surface area contributed by atoms with E-state index >= 15 is 0 Å². The van der Waals surface area contributed by atoms with Gasteiger partial charge in [0.05, 0.1) is 25.8 Å². The van der Waals surface area contributed by atoms with Crippen molar-refractivity contribution in [1.82, 2.24) is 30.1 Å². The first-order valence-electron chi connectivity index (χ1n) is 12.2. The van der Waals surface area contributed by atoms with Gasteiger partial charge in [0.25, 0.3) is 5.56 Å². The fourth-order valence-electron chi connectivity index (χ4n) is 4.38. The summed E-state index contributed by atoms with van der Waals surface area (Å²) in [5.41, 5.74) is 1.92. The number of hydrogen-bond acceptors (Lipinski definition) is 10. The third kappa shape index (κ3) is 5.59. The van der Waals surface area contributed by atoms with Crippen LogP contribution in [0.2, 0.25) is 0 Å². The van der Waals surface area contributed by atoms with Crippen LogP contribution in [0.1, 0.15) is 23.9 Å². The van der Waals surface area contributed by atoms with Gasteiger partial charge < -0.3 is 23.9 Å². The first kappa shape index (κ1) is 25.2. The van der Waals surface area contributed by atoms with E-state index in [-0.39, 0.29) is 31.8 Å². The van der Waals surface area contributed by atoms with Crippen LogP contribution in [-0.2, 0) is 35.7 Å². The number of aromatic nitrogens is 5. The van der Waals surface area contributed by atoms with Crippen LogP contribution in [0.5, 0.6) is 17.2 Å². The normalized spacial score (nSPS) is 12.6. The Morgan fingerprint density at radius 1 is 1.08 bits per heavy atom. The molecule has 0 bridgehead atoms. The molecule has 0 aliphatic carbocycles. The van der Waals surface area contributed by atoms with Crippen molar-refractivity contribution in [3.63, 3.8) is 0 Å². The minimum atomic E-state index is -0.433. The molecule has 12 heteroatoms. The van der Waals surface area contributed by atoms with Crippen LogP contribution < -0.4 is 19.8 Å². The molecule has 4 aromatic rings. The maximum Gasteiger partial charge on any atom is 0.327 e. The molecule has 0 unspecified atom stereocenters. The van der Waals surface area contributed by atoms with Crippen molar-refractivity contribution in [3.8, 4) is 17.2 Å². The molecule has 0 radical (unpaired) electrons. The Balaban J connectivity index is 1.46. The quantitative estimate of drug-likeness (QED) is 0.310. The topological polar surface area (TPSA) is 134 Å². The van der Waals surface area contributed by atoms with Crippen molar-refractivity contribution >= 4 is 16.9 Å². The molecule has 1 N–H and O–H groups in total. The predicted octanol–water partition coefficient (Wildman–Crippen LogP) is 2.06. The second-order valence-electron chi connectivity index (χ2n) is 8.72. The third-order valence-electron chi connectivity index (χ3n) is 6.12. The summed E-state index contributed by atoms with van der Waals surface area (Å²) in [5.74, 6) is 2.01. The number of aromatic amines is 1. The van der Waals surface area contributed by atoms with Crippen LogP contribution in [0.3, 0.4) is 0 Å². The summed E-state index contributed by atoms with van der Waals surface area (Å²) in [6.45, 7) is 3.82. The fourth-order valence-corrected chi connectivity index (χ4v) is 4.38. The summed E-state index contributed by atoms with van der Waals surface area (Å²) < 4.78 is 23.4. The number of carbonyl (C=O) groups is 1. The Bertz CT molecular complexity index is 1500. The molecule has 0 atom stereocenters.